The summed E-state index contributed by atoms with van der Waals surface area (Å²) in [5, 5.41) is 9.09. The average Bonchev–Trinajstić information content (AvgIpc) is 2.48. The number of methoxy groups -OCH3 is 1. The van der Waals surface area contributed by atoms with Crippen molar-refractivity contribution in [3.8, 4) is 17.2 Å². The van der Waals surface area contributed by atoms with Gasteiger partial charge in [-0.05, 0) is 23.8 Å². The summed E-state index contributed by atoms with van der Waals surface area (Å²) in [5.74, 6) is 1.79. The van der Waals surface area contributed by atoms with Crippen LogP contribution in [0.1, 0.15) is 11.3 Å². The minimum absolute atomic E-state index is 0.0385. The first-order chi connectivity index (χ1) is 9.26. The number of hydrogen-bond acceptors (Lipinski definition) is 5. The molecule has 2 aromatic rings. The standard InChI is InChI=1S/C14H16N2O3/c1-18-14-6-10(9-17)2-3-13(14)19-12-4-5-16-11(7-12)8-15/h2-7,17H,8-9,15H2,1H3. The molecule has 0 aliphatic carbocycles. The van der Waals surface area contributed by atoms with E-state index in [4.69, 9.17) is 20.3 Å². The zero-order valence-corrected chi connectivity index (χ0v) is 10.7. The van der Waals surface area contributed by atoms with Gasteiger partial charge >= 0.3 is 0 Å². The van der Waals surface area contributed by atoms with Gasteiger partial charge in [-0.1, -0.05) is 6.07 Å². The highest BCUT2D eigenvalue weighted by molar-refractivity contribution is 5.45. The van der Waals surface area contributed by atoms with Gasteiger partial charge in [0, 0.05) is 18.8 Å². The Labute approximate surface area is 111 Å². The van der Waals surface area contributed by atoms with E-state index in [9.17, 15) is 0 Å². The number of nitrogens with two attached hydrogens (primary N) is 1. The smallest absolute Gasteiger partial charge is 0.169 e. The lowest BCUT2D eigenvalue weighted by Gasteiger charge is -2.11. The molecular weight excluding hydrogens is 244 g/mol. The second kappa shape index (κ2) is 6.17. The van der Waals surface area contributed by atoms with Crippen molar-refractivity contribution in [3.63, 3.8) is 0 Å². The van der Waals surface area contributed by atoms with Crippen LogP contribution in [0.5, 0.6) is 17.2 Å². The van der Waals surface area contributed by atoms with Crippen LogP contribution in [0.4, 0.5) is 0 Å². The van der Waals surface area contributed by atoms with Gasteiger partial charge in [0.15, 0.2) is 11.5 Å². The van der Waals surface area contributed by atoms with Crippen LogP contribution < -0.4 is 15.2 Å². The Morgan fingerprint density at radius 1 is 1.21 bits per heavy atom. The first-order valence-corrected chi connectivity index (χ1v) is 5.87. The molecule has 0 amide bonds. The Hall–Kier alpha value is -2.11. The van der Waals surface area contributed by atoms with E-state index >= 15 is 0 Å². The molecule has 1 heterocycles. The van der Waals surface area contributed by atoms with Crippen LogP contribution in [0.25, 0.3) is 0 Å². The first-order valence-electron chi connectivity index (χ1n) is 5.87. The van der Waals surface area contributed by atoms with Gasteiger partial charge in [-0.25, -0.2) is 0 Å². The lowest BCUT2D eigenvalue weighted by Crippen LogP contribution is -1.99. The van der Waals surface area contributed by atoms with Gasteiger partial charge in [0.2, 0.25) is 0 Å². The van der Waals surface area contributed by atoms with Crippen LogP contribution >= 0.6 is 0 Å². The quantitative estimate of drug-likeness (QED) is 0.857. The van der Waals surface area contributed by atoms with E-state index in [0.29, 0.717) is 23.8 Å². The second-order valence-corrected chi connectivity index (χ2v) is 3.93. The van der Waals surface area contributed by atoms with E-state index in [2.05, 4.69) is 4.98 Å². The summed E-state index contributed by atoms with van der Waals surface area (Å²) < 4.78 is 11.0. The van der Waals surface area contributed by atoms with Gasteiger partial charge in [0.25, 0.3) is 0 Å². The van der Waals surface area contributed by atoms with E-state index in [1.54, 1.807) is 43.6 Å². The molecule has 0 bridgehead atoms. The summed E-state index contributed by atoms with van der Waals surface area (Å²) in [5.41, 5.74) is 7.05. The minimum Gasteiger partial charge on any atom is -0.493 e. The maximum atomic E-state index is 9.09. The molecule has 0 fully saturated rings. The molecule has 0 unspecified atom stereocenters. The van der Waals surface area contributed by atoms with Gasteiger partial charge < -0.3 is 20.3 Å². The van der Waals surface area contributed by atoms with Crippen LogP contribution in [0.2, 0.25) is 0 Å². The van der Waals surface area contributed by atoms with Crippen molar-refractivity contribution in [1.82, 2.24) is 4.98 Å². The number of aliphatic hydroxyl groups excluding tert-OH is 1. The predicted molar refractivity (Wildman–Crippen MR) is 71.1 cm³/mol. The van der Waals surface area contributed by atoms with Gasteiger partial charge in [0.05, 0.1) is 19.4 Å². The fourth-order valence-electron chi connectivity index (χ4n) is 1.65. The van der Waals surface area contributed by atoms with E-state index in [1.807, 2.05) is 0 Å². The molecule has 0 saturated heterocycles. The minimum atomic E-state index is -0.0385. The molecule has 1 aromatic carbocycles. The van der Waals surface area contributed by atoms with Gasteiger partial charge in [-0.15, -0.1) is 0 Å². The maximum Gasteiger partial charge on any atom is 0.169 e. The monoisotopic (exact) mass is 260 g/mol. The van der Waals surface area contributed by atoms with Gasteiger partial charge in [-0.3, -0.25) is 4.98 Å². The van der Waals surface area contributed by atoms with Crippen molar-refractivity contribution < 1.29 is 14.6 Å². The van der Waals surface area contributed by atoms with Crippen molar-refractivity contribution in [2.24, 2.45) is 5.73 Å². The normalized spacial score (nSPS) is 10.3. The van der Waals surface area contributed by atoms with Crippen LogP contribution in [-0.2, 0) is 13.2 Å². The van der Waals surface area contributed by atoms with Crippen molar-refractivity contribution in [2.45, 2.75) is 13.2 Å². The third-order valence-corrected chi connectivity index (χ3v) is 2.64. The third-order valence-electron chi connectivity index (χ3n) is 2.64. The molecule has 0 aliphatic rings. The Morgan fingerprint density at radius 3 is 2.74 bits per heavy atom. The fourth-order valence-corrected chi connectivity index (χ4v) is 1.65. The van der Waals surface area contributed by atoms with Crippen molar-refractivity contribution in [3.05, 3.63) is 47.8 Å². The number of hydrogen-bond donors (Lipinski definition) is 2. The molecule has 19 heavy (non-hydrogen) atoms. The molecule has 5 heteroatoms. The molecule has 5 nitrogen and oxygen atoms in total. The molecule has 0 aliphatic heterocycles. The highest BCUT2D eigenvalue weighted by Gasteiger charge is 2.07. The zero-order chi connectivity index (χ0) is 13.7. The molecule has 2 rings (SSSR count). The van der Waals surface area contributed by atoms with E-state index < -0.39 is 0 Å². The summed E-state index contributed by atoms with van der Waals surface area (Å²) in [7, 11) is 1.56. The molecule has 0 atom stereocenters. The fraction of sp³-hybridized carbons (Fsp3) is 0.214. The van der Waals surface area contributed by atoms with Crippen LogP contribution in [-0.4, -0.2) is 17.2 Å². The average molecular weight is 260 g/mol. The summed E-state index contributed by atoms with van der Waals surface area (Å²) in [6.07, 6.45) is 1.64. The number of pyridine rings is 1. The Bertz CT molecular complexity index is 558. The summed E-state index contributed by atoms with van der Waals surface area (Å²) in [6.45, 7) is 0.320. The summed E-state index contributed by atoms with van der Waals surface area (Å²) in [4.78, 5) is 4.10. The number of rotatable bonds is 5. The van der Waals surface area contributed by atoms with Crippen molar-refractivity contribution in [1.29, 1.82) is 0 Å². The topological polar surface area (TPSA) is 77.6 Å². The first kappa shape index (κ1) is 13.3. The Morgan fingerprint density at radius 2 is 2.05 bits per heavy atom. The Kier molecular flexibility index (Phi) is 4.33. The Balaban J connectivity index is 2.26. The molecule has 0 saturated carbocycles. The van der Waals surface area contributed by atoms with Crippen molar-refractivity contribution in [2.75, 3.05) is 7.11 Å². The van der Waals surface area contributed by atoms with Crippen LogP contribution in [0.15, 0.2) is 36.5 Å². The van der Waals surface area contributed by atoms with Crippen LogP contribution in [0, 0.1) is 0 Å². The van der Waals surface area contributed by atoms with E-state index in [0.717, 1.165) is 11.3 Å². The number of aromatic nitrogens is 1. The van der Waals surface area contributed by atoms with E-state index in [-0.39, 0.29) is 6.61 Å². The molecule has 0 spiro atoms. The zero-order valence-electron chi connectivity index (χ0n) is 10.7. The predicted octanol–water partition coefficient (Wildman–Crippen LogP) is 1.83. The maximum absolute atomic E-state index is 9.09. The van der Waals surface area contributed by atoms with E-state index in [1.165, 1.54) is 0 Å². The molecule has 3 N–H and O–H groups in total. The molecule has 1 aromatic heterocycles. The lowest BCUT2D eigenvalue weighted by atomic mass is 10.2. The van der Waals surface area contributed by atoms with Gasteiger partial charge in [0.1, 0.15) is 5.75 Å². The molecule has 100 valence electrons. The summed E-state index contributed by atoms with van der Waals surface area (Å²) >= 11 is 0. The summed E-state index contributed by atoms with van der Waals surface area (Å²) in [6, 6.07) is 8.80. The van der Waals surface area contributed by atoms with Gasteiger partial charge in [-0.2, -0.15) is 0 Å². The molecule has 0 radical (unpaired) electrons. The third kappa shape index (κ3) is 3.21. The SMILES string of the molecule is COc1cc(CO)ccc1Oc1ccnc(CN)c1. The van der Waals surface area contributed by atoms with Crippen LogP contribution in [0.3, 0.4) is 0 Å². The highest BCUT2D eigenvalue weighted by Crippen LogP contribution is 2.32. The second-order valence-electron chi connectivity index (χ2n) is 3.93. The number of ether oxygens (including phenoxy) is 2. The molecular formula is C14H16N2O3. The number of nitrogens with zero attached hydrogens (tertiary/aromatic N) is 1. The lowest BCUT2D eigenvalue weighted by molar-refractivity contribution is 0.280. The number of aliphatic hydroxyl groups is 1. The highest BCUT2D eigenvalue weighted by atomic mass is 16.5. The number of benzene rings is 1. The van der Waals surface area contributed by atoms with Crippen molar-refractivity contribution >= 4 is 0 Å². The largest absolute Gasteiger partial charge is 0.493 e.